The molecule has 182 valence electrons. The fourth-order valence-electron chi connectivity index (χ4n) is 3.84. The Morgan fingerprint density at radius 2 is 1.63 bits per heavy atom. The predicted octanol–water partition coefficient (Wildman–Crippen LogP) is 3.73. The smallest absolute Gasteiger partial charge is 0.331 e. The maximum Gasteiger partial charge on any atom is 0.331 e. The van der Waals surface area contributed by atoms with Crippen molar-refractivity contribution in [3.8, 4) is 5.69 Å². The molecule has 0 aliphatic heterocycles. The van der Waals surface area contributed by atoms with E-state index in [2.05, 4.69) is 15.7 Å². The lowest BCUT2D eigenvalue weighted by Crippen LogP contribution is -2.35. The van der Waals surface area contributed by atoms with Gasteiger partial charge in [0.05, 0.1) is 17.9 Å². The van der Waals surface area contributed by atoms with Crippen LogP contribution in [-0.2, 0) is 19.1 Å². The zero-order valence-corrected chi connectivity index (χ0v) is 20.6. The third kappa shape index (κ3) is 6.66. The molecule has 0 spiro atoms. The van der Waals surface area contributed by atoms with E-state index in [1.165, 1.54) is 6.08 Å². The maximum absolute atomic E-state index is 12.2. The van der Waals surface area contributed by atoms with Crippen molar-refractivity contribution >= 4 is 29.5 Å². The lowest BCUT2D eigenvalue weighted by molar-refractivity contribution is -0.143. The van der Waals surface area contributed by atoms with Crippen molar-refractivity contribution in [3.63, 3.8) is 0 Å². The SMILES string of the molecule is Cc1cc(C)c(NC(=O)CNC(=O)COC(=O)/C=C/c2c(C)nn(-c3ccccc3)c2C)c(C)c1. The number of para-hydroxylation sites is 1. The van der Waals surface area contributed by atoms with Gasteiger partial charge < -0.3 is 15.4 Å². The molecular formula is C27H30N4O4. The van der Waals surface area contributed by atoms with Gasteiger partial charge >= 0.3 is 5.97 Å². The van der Waals surface area contributed by atoms with Crippen molar-refractivity contribution in [1.29, 1.82) is 0 Å². The second-order valence-corrected chi connectivity index (χ2v) is 8.37. The van der Waals surface area contributed by atoms with Gasteiger partial charge in [0.2, 0.25) is 5.91 Å². The fourth-order valence-corrected chi connectivity index (χ4v) is 3.84. The topological polar surface area (TPSA) is 102 Å². The van der Waals surface area contributed by atoms with Crippen LogP contribution in [-0.4, -0.2) is 40.7 Å². The number of ether oxygens (including phenoxy) is 1. The number of benzene rings is 2. The summed E-state index contributed by atoms with van der Waals surface area (Å²) in [5.74, 6) is -1.59. The zero-order valence-electron chi connectivity index (χ0n) is 20.6. The number of aromatic nitrogens is 2. The van der Waals surface area contributed by atoms with E-state index >= 15 is 0 Å². The fraction of sp³-hybridized carbons (Fsp3) is 0.259. The van der Waals surface area contributed by atoms with Gasteiger partial charge in [-0.25, -0.2) is 9.48 Å². The Morgan fingerprint density at radius 1 is 0.971 bits per heavy atom. The summed E-state index contributed by atoms with van der Waals surface area (Å²) in [5.41, 5.74) is 7.09. The lowest BCUT2D eigenvalue weighted by atomic mass is 10.1. The minimum Gasteiger partial charge on any atom is -0.452 e. The average molecular weight is 475 g/mol. The molecule has 0 saturated carbocycles. The van der Waals surface area contributed by atoms with E-state index in [0.29, 0.717) is 0 Å². The average Bonchev–Trinajstić information content (AvgIpc) is 3.11. The molecule has 8 heteroatoms. The molecule has 1 heterocycles. The summed E-state index contributed by atoms with van der Waals surface area (Å²) in [6.07, 6.45) is 2.88. The van der Waals surface area contributed by atoms with Gasteiger partial charge in [0.1, 0.15) is 0 Å². The molecule has 35 heavy (non-hydrogen) atoms. The van der Waals surface area contributed by atoms with Crippen LogP contribution in [0, 0.1) is 34.6 Å². The van der Waals surface area contributed by atoms with Crippen LogP contribution < -0.4 is 10.6 Å². The maximum atomic E-state index is 12.2. The van der Waals surface area contributed by atoms with E-state index in [4.69, 9.17) is 4.74 Å². The van der Waals surface area contributed by atoms with Gasteiger partial charge in [-0.1, -0.05) is 35.9 Å². The standard InChI is InChI=1S/C27H30N4O4/c1-17-13-18(2)27(19(3)14-17)29-24(32)15-28-25(33)16-35-26(34)12-11-23-20(4)30-31(21(23)5)22-9-7-6-8-10-22/h6-14H,15-16H2,1-5H3,(H,28,33)(H,29,32)/b12-11+. The molecule has 1 aromatic heterocycles. The molecule has 3 rings (SSSR count). The van der Waals surface area contributed by atoms with Gasteiger partial charge in [0, 0.05) is 23.0 Å². The van der Waals surface area contributed by atoms with E-state index < -0.39 is 18.5 Å². The largest absolute Gasteiger partial charge is 0.452 e. The summed E-state index contributed by atoms with van der Waals surface area (Å²) in [4.78, 5) is 36.3. The van der Waals surface area contributed by atoms with Crippen LogP contribution in [0.1, 0.15) is 33.6 Å². The Balaban J connectivity index is 1.48. The number of amides is 2. The Labute approximate surface area is 205 Å². The van der Waals surface area contributed by atoms with Crippen molar-refractivity contribution in [3.05, 3.63) is 82.2 Å². The summed E-state index contributed by atoms with van der Waals surface area (Å²) in [7, 11) is 0. The van der Waals surface area contributed by atoms with Crippen molar-refractivity contribution in [2.45, 2.75) is 34.6 Å². The highest BCUT2D eigenvalue weighted by Gasteiger charge is 2.13. The van der Waals surface area contributed by atoms with Crippen molar-refractivity contribution < 1.29 is 19.1 Å². The van der Waals surface area contributed by atoms with Crippen LogP contribution in [0.3, 0.4) is 0 Å². The first-order chi connectivity index (χ1) is 16.7. The highest BCUT2D eigenvalue weighted by Crippen LogP contribution is 2.22. The quantitative estimate of drug-likeness (QED) is 0.383. The monoisotopic (exact) mass is 474 g/mol. The normalized spacial score (nSPS) is 10.9. The van der Waals surface area contributed by atoms with Crippen molar-refractivity contribution in [1.82, 2.24) is 15.1 Å². The van der Waals surface area contributed by atoms with Gasteiger partial charge in [-0.05, 0) is 64.0 Å². The summed E-state index contributed by atoms with van der Waals surface area (Å²) in [6, 6.07) is 13.6. The number of nitrogens with zero attached hydrogens (tertiary/aromatic N) is 2. The minimum absolute atomic E-state index is 0.226. The number of hydrogen-bond donors (Lipinski definition) is 2. The molecule has 0 aliphatic rings. The lowest BCUT2D eigenvalue weighted by Gasteiger charge is -2.13. The molecular weight excluding hydrogens is 444 g/mol. The van der Waals surface area contributed by atoms with Crippen LogP contribution in [0.15, 0.2) is 48.5 Å². The van der Waals surface area contributed by atoms with Gasteiger partial charge in [0.25, 0.3) is 5.91 Å². The van der Waals surface area contributed by atoms with E-state index in [1.807, 2.05) is 77.1 Å². The first kappa shape index (κ1) is 25.4. The number of hydrogen-bond acceptors (Lipinski definition) is 5. The highest BCUT2D eigenvalue weighted by atomic mass is 16.5. The summed E-state index contributed by atoms with van der Waals surface area (Å²) >= 11 is 0. The molecule has 2 aromatic carbocycles. The molecule has 0 radical (unpaired) electrons. The van der Waals surface area contributed by atoms with Crippen LogP contribution in [0.2, 0.25) is 0 Å². The second kappa shape index (κ2) is 11.3. The second-order valence-electron chi connectivity index (χ2n) is 8.37. The van der Waals surface area contributed by atoms with Crippen molar-refractivity contribution in [2.75, 3.05) is 18.5 Å². The molecule has 3 aromatic rings. The molecule has 0 aliphatic carbocycles. The van der Waals surface area contributed by atoms with E-state index in [9.17, 15) is 14.4 Å². The number of rotatable bonds is 8. The molecule has 0 bridgehead atoms. The number of carbonyl (C=O) groups is 3. The molecule has 2 amide bonds. The molecule has 0 atom stereocenters. The Hall–Kier alpha value is -4.20. The number of carbonyl (C=O) groups excluding carboxylic acids is 3. The highest BCUT2D eigenvalue weighted by molar-refractivity contribution is 5.96. The zero-order chi connectivity index (χ0) is 25.5. The van der Waals surface area contributed by atoms with Crippen LogP contribution >= 0.6 is 0 Å². The van der Waals surface area contributed by atoms with Crippen LogP contribution in [0.25, 0.3) is 11.8 Å². The minimum atomic E-state index is -0.665. The molecule has 2 N–H and O–H groups in total. The Morgan fingerprint density at radius 3 is 2.29 bits per heavy atom. The van der Waals surface area contributed by atoms with E-state index in [-0.39, 0.29) is 12.5 Å². The Bertz CT molecular complexity index is 1250. The molecule has 0 saturated heterocycles. The number of esters is 1. The van der Waals surface area contributed by atoms with E-state index in [0.717, 1.165) is 45.0 Å². The van der Waals surface area contributed by atoms with Gasteiger partial charge in [-0.2, -0.15) is 5.10 Å². The molecule has 8 nitrogen and oxygen atoms in total. The van der Waals surface area contributed by atoms with E-state index in [1.54, 1.807) is 10.8 Å². The number of aryl methyl sites for hydroxylation is 4. The first-order valence-corrected chi connectivity index (χ1v) is 11.3. The van der Waals surface area contributed by atoms with Crippen LogP contribution in [0.4, 0.5) is 5.69 Å². The predicted molar refractivity (Wildman–Crippen MR) is 135 cm³/mol. The first-order valence-electron chi connectivity index (χ1n) is 11.3. The molecule has 0 fully saturated rings. The summed E-state index contributed by atoms with van der Waals surface area (Å²) < 4.78 is 6.81. The Kier molecular flexibility index (Phi) is 8.20. The van der Waals surface area contributed by atoms with Crippen molar-refractivity contribution in [2.24, 2.45) is 0 Å². The van der Waals surface area contributed by atoms with Crippen LogP contribution in [0.5, 0.6) is 0 Å². The summed E-state index contributed by atoms with van der Waals surface area (Å²) in [5, 5.41) is 9.79. The van der Waals surface area contributed by atoms with Gasteiger partial charge in [-0.3, -0.25) is 9.59 Å². The number of nitrogens with one attached hydrogen (secondary N) is 2. The summed E-state index contributed by atoms with van der Waals surface area (Å²) in [6.45, 7) is 8.87. The molecule has 0 unspecified atom stereocenters. The van der Waals surface area contributed by atoms with Gasteiger partial charge in [0.15, 0.2) is 6.61 Å². The number of anilines is 1. The van der Waals surface area contributed by atoms with Gasteiger partial charge in [-0.15, -0.1) is 0 Å². The third-order valence-electron chi connectivity index (χ3n) is 5.47. The third-order valence-corrected chi connectivity index (χ3v) is 5.47.